The first-order valence-corrected chi connectivity index (χ1v) is 8.26. The number of halogens is 4. The molecule has 150 valence electrons. The summed E-state index contributed by atoms with van der Waals surface area (Å²) in [6.07, 6.45) is -3.46. The van der Waals surface area contributed by atoms with E-state index in [4.69, 9.17) is 0 Å². The van der Waals surface area contributed by atoms with Crippen LogP contribution in [0.5, 0.6) is 0 Å². The minimum Gasteiger partial charge on any atom is -0.326 e. The van der Waals surface area contributed by atoms with E-state index in [9.17, 15) is 27.2 Å². The lowest BCUT2D eigenvalue weighted by molar-refractivity contribution is -0.137. The Labute approximate surface area is 162 Å². The highest BCUT2D eigenvalue weighted by atomic mass is 19.4. The molecule has 0 unspecified atom stereocenters. The number of nitrogens with one attached hydrogen (secondary N) is 2. The second-order valence-electron chi connectivity index (χ2n) is 5.99. The van der Waals surface area contributed by atoms with Crippen LogP contribution >= 0.6 is 0 Å². The maximum Gasteiger partial charge on any atom is 0.418 e. The molecule has 2 aromatic carbocycles. The van der Waals surface area contributed by atoms with Gasteiger partial charge in [-0.25, -0.2) is 9.07 Å². The zero-order valence-electron chi connectivity index (χ0n) is 14.9. The van der Waals surface area contributed by atoms with Crippen LogP contribution < -0.4 is 10.6 Å². The number of nitrogens with zero attached hydrogens (tertiary/aromatic N) is 2. The van der Waals surface area contributed by atoms with E-state index in [0.29, 0.717) is 0 Å². The van der Waals surface area contributed by atoms with Crippen LogP contribution in [0.25, 0.3) is 5.69 Å². The second-order valence-corrected chi connectivity index (χ2v) is 5.99. The van der Waals surface area contributed by atoms with Gasteiger partial charge in [0.15, 0.2) is 5.69 Å². The van der Waals surface area contributed by atoms with Gasteiger partial charge in [0.2, 0.25) is 5.91 Å². The Morgan fingerprint density at radius 2 is 1.76 bits per heavy atom. The number of anilines is 2. The van der Waals surface area contributed by atoms with E-state index in [0.717, 1.165) is 23.7 Å². The normalized spacial score (nSPS) is 11.2. The van der Waals surface area contributed by atoms with Crippen molar-refractivity contribution in [3.05, 3.63) is 71.8 Å². The summed E-state index contributed by atoms with van der Waals surface area (Å²) in [6.45, 7) is 1.16. The standard InChI is InChI=1S/C19H14F4N4O2/c1-11(28)24-12-6-7-15(13(10-12)19(21,22)23)25-18(29)16-8-9-27(26-16)17-5-3-2-4-14(17)20/h2-10H,1H3,(H,24,28)(H,25,29). The molecule has 0 atom stereocenters. The van der Waals surface area contributed by atoms with Crippen LogP contribution in [0.2, 0.25) is 0 Å². The summed E-state index contributed by atoms with van der Waals surface area (Å²) in [4.78, 5) is 23.4. The van der Waals surface area contributed by atoms with E-state index in [1.54, 1.807) is 6.07 Å². The predicted octanol–water partition coefficient (Wildman–Crippen LogP) is 4.24. The molecular weight excluding hydrogens is 392 g/mol. The molecule has 1 heterocycles. The van der Waals surface area contributed by atoms with Crippen LogP contribution in [-0.2, 0) is 11.0 Å². The molecule has 10 heteroatoms. The third kappa shape index (κ3) is 4.60. The molecular formula is C19H14F4N4O2. The summed E-state index contributed by atoms with van der Waals surface area (Å²) >= 11 is 0. The van der Waals surface area contributed by atoms with Crippen LogP contribution in [0, 0.1) is 5.82 Å². The van der Waals surface area contributed by atoms with Crippen molar-refractivity contribution in [1.29, 1.82) is 0 Å². The van der Waals surface area contributed by atoms with Crippen molar-refractivity contribution in [3.8, 4) is 5.69 Å². The van der Waals surface area contributed by atoms with Crippen molar-refractivity contribution in [2.75, 3.05) is 10.6 Å². The third-order valence-corrected chi connectivity index (χ3v) is 3.81. The molecule has 0 saturated carbocycles. The fourth-order valence-corrected chi connectivity index (χ4v) is 2.57. The Kier molecular flexibility index (Phi) is 5.35. The van der Waals surface area contributed by atoms with Crippen molar-refractivity contribution in [1.82, 2.24) is 9.78 Å². The monoisotopic (exact) mass is 406 g/mol. The number of benzene rings is 2. The van der Waals surface area contributed by atoms with Crippen LogP contribution in [0.4, 0.5) is 28.9 Å². The van der Waals surface area contributed by atoms with Crippen LogP contribution in [-0.4, -0.2) is 21.6 Å². The number of hydrogen-bond acceptors (Lipinski definition) is 3. The number of amides is 2. The first-order valence-electron chi connectivity index (χ1n) is 8.26. The van der Waals surface area contributed by atoms with Gasteiger partial charge in [0.25, 0.3) is 5.91 Å². The average molecular weight is 406 g/mol. The molecule has 0 aliphatic carbocycles. The van der Waals surface area contributed by atoms with Crippen molar-refractivity contribution in [2.45, 2.75) is 13.1 Å². The third-order valence-electron chi connectivity index (χ3n) is 3.81. The summed E-state index contributed by atoms with van der Waals surface area (Å²) in [7, 11) is 0. The molecule has 0 fully saturated rings. The fraction of sp³-hybridized carbons (Fsp3) is 0.105. The van der Waals surface area contributed by atoms with Crippen LogP contribution in [0.1, 0.15) is 23.0 Å². The van der Waals surface area contributed by atoms with Gasteiger partial charge >= 0.3 is 6.18 Å². The molecule has 3 rings (SSSR count). The molecule has 1 aromatic heterocycles. The van der Waals surface area contributed by atoms with E-state index in [1.165, 1.54) is 36.5 Å². The minimum absolute atomic E-state index is 0.0633. The zero-order chi connectivity index (χ0) is 21.2. The fourth-order valence-electron chi connectivity index (χ4n) is 2.57. The number of alkyl halides is 3. The van der Waals surface area contributed by atoms with Crippen LogP contribution in [0.3, 0.4) is 0 Å². The first kappa shape index (κ1) is 20.1. The highest BCUT2D eigenvalue weighted by Gasteiger charge is 2.34. The van der Waals surface area contributed by atoms with Gasteiger partial charge in [0.05, 0.1) is 11.3 Å². The lowest BCUT2D eigenvalue weighted by Gasteiger charge is -2.15. The number of carbonyl (C=O) groups excluding carboxylic acids is 2. The van der Waals surface area contributed by atoms with E-state index >= 15 is 0 Å². The topological polar surface area (TPSA) is 76.0 Å². The summed E-state index contributed by atoms with van der Waals surface area (Å²) in [5.74, 6) is -2.01. The van der Waals surface area contributed by atoms with E-state index in [1.807, 2.05) is 0 Å². The van der Waals surface area contributed by atoms with Crippen molar-refractivity contribution in [3.63, 3.8) is 0 Å². The molecule has 29 heavy (non-hydrogen) atoms. The molecule has 0 bridgehead atoms. The SMILES string of the molecule is CC(=O)Nc1ccc(NC(=O)c2ccn(-c3ccccc3F)n2)c(C(F)(F)F)c1. The quantitative estimate of drug-likeness (QED) is 0.637. The van der Waals surface area contributed by atoms with E-state index in [-0.39, 0.29) is 17.1 Å². The molecule has 0 saturated heterocycles. The average Bonchev–Trinajstić information content (AvgIpc) is 3.12. The summed E-state index contributed by atoms with van der Waals surface area (Å²) < 4.78 is 55.0. The number of para-hydroxylation sites is 1. The van der Waals surface area contributed by atoms with Crippen molar-refractivity contribution >= 4 is 23.2 Å². The summed E-state index contributed by atoms with van der Waals surface area (Å²) in [5.41, 5.74) is -1.82. The van der Waals surface area contributed by atoms with Gasteiger partial charge < -0.3 is 10.6 Å². The van der Waals surface area contributed by atoms with Gasteiger partial charge in [0.1, 0.15) is 11.5 Å². The van der Waals surface area contributed by atoms with Gasteiger partial charge in [-0.15, -0.1) is 0 Å². The number of carbonyl (C=O) groups is 2. The van der Waals surface area contributed by atoms with Gasteiger partial charge in [-0.3, -0.25) is 9.59 Å². The zero-order valence-corrected chi connectivity index (χ0v) is 14.9. The molecule has 0 radical (unpaired) electrons. The molecule has 2 amide bonds. The molecule has 3 aromatic rings. The van der Waals surface area contributed by atoms with Gasteiger partial charge in [-0.1, -0.05) is 12.1 Å². The van der Waals surface area contributed by atoms with E-state index in [2.05, 4.69) is 15.7 Å². The van der Waals surface area contributed by atoms with Gasteiger partial charge in [-0.05, 0) is 36.4 Å². The lowest BCUT2D eigenvalue weighted by atomic mass is 10.1. The Morgan fingerprint density at radius 3 is 2.41 bits per heavy atom. The van der Waals surface area contributed by atoms with Gasteiger partial charge in [0, 0.05) is 18.8 Å². The Hall–Kier alpha value is -3.69. The second kappa shape index (κ2) is 7.74. The molecule has 0 spiro atoms. The highest BCUT2D eigenvalue weighted by Crippen LogP contribution is 2.36. The molecule has 0 aliphatic heterocycles. The first-order chi connectivity index (χ1) is 13.6. The number of rotatable bonds is 4. The van der Waals surface area contributed by atoms with Crippen molar-refractivity contribution < 1.29 is 27.2 Å². The molecule has 6 nitrogen and oxygen atoms in total. The smallest absolute Gasteiger partial charge is 0.326 e. The molecule has 0 aliphatic rings. The highest BCUT2D eigenvalue weighted by molar-refractivity contribution is 6.03. The number of hydrogen-bond donors (Lipinski definition) is 2. The van der Waals surface area contributed by atoms with Crippen LogP contribution in [0.15, 0.2) is 54.7 Å². The maximum atomic E-state index is 13.8. The Morgan fingerprint density at radius 1 is 1.03 bits per heavy atom. The Balaban J connectivity index is 1.87. The maximum absolute atomic E-state index is 13.8. The van der Waals surface area contributed by atoms with Crippen molar-refractivity contribution in [2.24, 2.45) is 0 Å². The summed E-state index contributed by atoms with van der Waals surface area (Å²) in [6, 6.07) is 9.93. The lowest BCUT2D eigenvalue weighted by Crippen LogP contribution is -2.18. The largest absolute Gasteiger partial charge is 0.418 e. The Bertz CT molecular complexity index is 1080. The predicted molar refractivity (Wildman–Crippen MR) is 97.2 cm³/mol. The minimum atomic E-state index is -4.77. The van der Waals surface area contributed by atoms with Gasteiger partial charge in [-0.2, -0.15) is 18.3 Å². The number of aromatic nitrogens is 2. The van der Waals surface area contributed by atoms with E-state index < -0.39 is 35.1 Å². The molecule has 2 N–H and O–H groups in total. The summed E-state index contributed by atoms with van der Waals surface area (Å²) in [5, 5.41) is 8.32.